The zero-order valence-corrected chi connectivity index (χ0v) is 10.2. The van der Waals surface area contributed by atoms with Crippen LogP contribution in [0, 0.1) is 13.8 Å². The number of rotatable bonds is 1. The zero-order valence-electron chi connectivity index (χ0n) is 10.2. The van der Waals surface area contributed by atoms with Crippen molar-refractivity contribution in [3.05, 3.63) is 28.8 Å². The Morgan fingerprint density at radius 1 is 1.12 bits per heavy atom. The van der Waals surface area contributed by atoms with Crippen LogP contribution in [-0.2, 0) is 5.54 Å². The first-order valence-electron chi connectivity index (χ1n) is 6.13. The third-order valence-electron chi connectivity index (χ3n) is 3.98. The Hall–Kier alpha value is -1.02. The molecule has 1 aromatic carbocycles. The molecule has 0 unspecified atom stereocenters. The van der Waals surface area contributed by atoms with Gasteiger partial charge in [0, 0.05) is 11.1 Å². The third-order valence-corrected chi connectivity index (χ3v) is 3.98. The molecule has 2 nitrogen and oxygen atoms in total. The number of hydrogen-bond donors (Lipinski definition) is 2. The van der Waals surface area contributed by atoms with E-state index in [0.29, 0.717) is 5.75 Å². The number of hydrogen-bond acceptors (Lipinski definition) is 2. The summed E-state index contributed by atoms with van der Waals surface area (Å²) in [5, 5.41) is 10.2. The van der Waals surface area contributed by atoms with Crippen molar-refractivity contribution in [2.24, 2.45) is 5.73 Å². The molecule has 2 heteroatoms. The van der Waals surface area contributed by atoms with Gasteiger partial charge in [-0.1, -0.05) is 31.4 Å². The standard InChI is InChI=1S/C14H21NO/c1-10-6-7-12(13(16)11(10)2)14(15)8-4-3-5-9-14/h6-7,16H,3-5,8-9,15H2,1-2H3. The van der Waals surface area contributed by atoms with Crippen LogP contribution in [0.15, 0.2) is 12.1 Å². The molecule has 0 saturated heterocycles. The van der Waals surface area contributed by atoms with Crippen LogP contribution in [0.5, 0.6) is 5.75 Å². The molecule has 1 saturated carbocycles. The van der Waals surface area contributed by atoms with Gasteiger partial charge >= 0.3 is 0 Å². The minimum absolute atomic E-state index is 0.305. The largest absolute Gasteiger partial charge is 0.507 e. The molecule has 0 heterocycles. The van der Waals surface area contributed by atoms with Gasteiger partial charge in [-0.2, -0.15) is 0 Å². The smallest absolute Gasteiger partial charge is 0.123 e. The van der Waals surface area contributed by atoms with E-state index in [0.717, 1.165) is 29.5 Å². The number of aromatic hydroxyl groups is 1. The summed E-state index contributed by atoms with van der Waals surface area (Å²) in [5.74, 6) is 0.407. The van der Waals surface area contributed by atoms with Crippen LogP contribution in [0.3, 0.4) is 0 Å². The maximum Gasteiger partial charge on any atom is 0.123 e. The lowest BCUT2D eigenvalue weighted by molar-refractivity contribution is 0.291. The highest BCUT2D eigenvalue weighted by molar-refractivity contribution is 5.47. The van der Waals surface area contributed by atoms with E-state index in [2.05, 4.69) is 6.07 Å². The van der Waals surface area contributed by atoms with Crippen LogP contribution in [0.2, 0.25) is 0 Å². The van der Waals surface area contributed by atoms with Gasteiger partial charge in [-0.15, -0.1) is 0 Å². The van der Waals surface area contributed by atoms with Crippen molar-refractivity contribution in [2.75, 3.05) is 0 Å². The molecule has 0 atom stereocenters. The topological polar surface area (TPSA) is 46.2 Å². The summed E-state index contributed by atoms with van der Waals surface area (Å²) in [6.45, 7) is 3.98. The highest BCUT2D eigenvalue weighted by atomic mass is 16.3. The maximum absolute atomic E-state index is 10.2. The van der Waals surface area contributed by atoms with Crippen LogP contribution >= 0.6 is 0 Å². The third kappa shape index (κ3) is 1.82. The first kappa shape index (κ1) is 11.5. The minimum atomic E-state index is -0.305. The molecule has 88 valence electrons. The number of nitrogens with two attached hydrogens (primary N) is 1. The van der Waals surface area contributed by atoms with E-state index in [1.54, 1.807) is 0 Å². The second kappa shape index (κ2) is 4.10. The summed E-state index contributed by atoms with van der Waals surface area (Å²) in [4.78, 5) is 0. The zero-order chi connectivity index (χ0) is 11.8. The molecule has 0 aromatic heterocycles. The highest BCUT2D eigenvalue weighted by Crippen LogP contribution is 2.40. The molecule has 1 aliphatic carbocycles. The Labute approximate surface area is 97.5 Å². The Kier molecular flexibility index (Phi) is 2.94. The number of benzene rings is 1. The van der Waals surface area contributed by atoms with Gasteiger partial charge in [0.15, 0.2) is 0 Å². The fourth-order valence-corrected chi connectivity index (χ4v) is 2.65. The summed E-state index contributed by atoms with van der Waals surface area (Å²) in [5.41, 5.74) is 9.17. The van der Waals surface area contributed by atoms with Gasteiger partial charge < -0.3 is 10.8 Å². The molecule has 0 bridgehead atoms. The second-order valence-corrected chi connectivity index (χ2v) is 5.12. The van der Waals surface area contributed by atoms with Crippen LogP contribution in [-0.4, -0.2) is 5.11 Å². The molecule has 3 N–H and O–H groups in total. The quantitative estimate of drug-likeness (QED) is 0.762. The van der Waals surface area contributed by atoms with Gasteiger partial charge in [-0.05, 0) is 37.8 Å². The van der Waals surface area contributed by atoms with Gasteiger partial charge in [0.1, 0.15) is 5.75 Å². The van der Waals surface area contributed by atoms with Gasteiger partial charge in [0.05, 0.1) is 0 Å². The average molecular weight is 219 g/mol. The van der Waals surface area contributed by atoms with Crippen LogP contribution in [0.4, 0.5) is 0 Å². The number of aryl methyl sites for hydroxylation is 1. The van der Waals surface area contributed by atoms with Gasteiger partial charge in [-0.25, -0.2) is 0 Å². The molecule has 0 aliphatic heterocycles. The van der Waals surface area contributed by atoms with Crippen molar-refractivity contribution >= 4 is 0 Å². The average Bonchev–Trinajstić information content (AvgIpc) is 2.27. The molecular formula is C14H21NO. The Morgan fingerprint density at radius 3 is 2.38 bits per heavy atom. The van der Waals surface area contributed by atoms with E-state index in [1.165, 1.54) is 19.3 Å². The molecule has 0 radical (unpaired) electrons. The molecule has 0 amide bonds. The fraction of sp³-hybridized carbons (Fsp3) is 0.571. The second-order valence-electron chi connectivity index (χ2n) is 5.12. The number of phenols is 1. The van der Waals surface area contributed by atoms with Gasteiger partial charge in [0.25, 0.3) is 0 Å². The summed E-state index contributed by atoms with van der Waals surface area (Å²) in [6.07, 6.45) is 5.59. The van der Waals surface area contributed by atoms with E-state index < -0.39 is 0 Å². The summed E-state index contributed by atoms with van der Waals surface area (Å²) in [7, 11) is 0. The molecular weight excluding hydrogens is 198 g/mol. The molecule has 0 spiro atoms. The van der Waals surface area contributed by atoms with E-state index in [-0.39, 0.29) is 5.54 Å². The normalized spacial score (nSPS) is 19.7. The van der Waals surface area contributed by atoms with Crippen molar-refractivity contribution < 1.29 is 5.11 Å². The lowest BCUT2D eigenvalue weighted by Crippen LogP contribution is -2.38. The minimum Gasteiger partial charge on any atom is -0.507 e. The highest BCUT2D eigenvalue weighted by Gasteiger charge is 2.32. The molecule has 1 aliphatic rings. The predicted octanol–water partition coefficient (Wildman–Crippen LogP) is 3.13. The predicted molar refractivity (Wildman–Crippen MR) is 66.5 cm³/mol. The van der Waals surface area contributed by atoms with Gasteiger partial charge in [0.2, 0.25) is 0 Å². The Balaban J connectivity index is 2.43. The van der Waals surface area contributed by atoms with Gasteiger partial charge in [-0.3, -0.25) is 0 Å². The lowest BCUT2D eigenvalue weighted by atomic mass is 9.76. The maximum atomic E-state index is 10.2. The van der Waals surface area contributed by atoms with E-state index in [4.69, 9.17) is 5.73 Å². The van der Waals surface area contributed by atoms with Crippen molar-refractivity contribution in [3.8, 4) is 5.75 Å². The summed E-state index contributed by atoms with van der Waals surface area (Å²) >= 11 is 0. The molecule has 1 aromatic rings. The lowest BCUT2D eigenvalue weighted by Gasteiger charge is -2.34. The first-order chi connectivity index (χ1) is 7.54. The Morgan fingerprint density at radius 2 is 1.75 bits per heavy atom. The molecule has 2 rings (SSSR count). The SMILES string of the molecule is Cc1ccc(C2(N)CCCCC2)c(O)c1C. The van der Waals surface area contributed by atoms with Crippen molar-refractivity contribution in [2.45, 2.75) is 51.5 Å². The van der Waals surface area contributed by atoms with Crippen LogP contribution in [0.1, 0.15) is 48.8 Å². The summed E-state index contributed by atoms with van der Waals surface area (Å²) in [6, 6.07) is 4.07. The first-order valence-corrected chi connectivity index (χ1v) is 6.13. The molecule has 16 heavy (non-hydrogen) atoms. The molecule has 1 fully saturated rings. The van der Waals surface area contributed by atoms with E-state index >= 15 is 0 Å². The van der Waals surface area contributed by atoms with Crippen molar-refractivity contribution in [3.63, 3.8) is 0 Å². The summed E-state index contributed by atoms with van der Waals surface area (Å²) < 4.78 is 0. The van der Waals surface area contributed by atoms with E-state index in [1.807, 2.05) is 19.9 Å². The fourth-order valence-electron chi connectivity index (χ4n) is 2.65. The monoisotopic (exact) mass is 219 g/mol. The van der Waals surface area contributed by atoms with Crippen molar-refractivity contribution in [1.82, 2.24) is 0 Å². The van der Waals surface area contributed by atoms with Crippen LogP contribution < -0.4 is 5.73 Å². The van der Waals surface area contributed by atoms with E-state index in [9.17, 15) is 5.11 Å². The van der Waals surface area contributed by atoms with Crippen LogP contribution in [0.25, 0.3) is 0 Å². The Bertz CT molecular complexity index is 392. The number of phenolic OH excluding ortho intramolecular Hbond substituents is 1. The van der Waals surface area contributed by atoms with Crippen molar-refractivity contribution in [1.29, 1.82) is 0 Å².